The van der Waals surface area contributed by atoms with Gasteiger partial charge in [0.1, 0.15) is 0 Å². The highest BCUT2D eigenvalue weighted by Crippen LogP contribution is 2.01. The Hall–Kier alpha value is -1.07. The van der Waals surface area contributed by atoms with Crippen molar-refractivity contribution in [2.45, 2.75) is 26.4 Å². The van der Waals surface area contributed by atoms with Crippen LogP contribution in [-0.4, -0.2) is 21.7 Å². The van der Waals surface area contributed by atoms with Gasteiger partial charge in [0.05, 0.1) is 6.20 Å². The number of nitrogens with two attached hydrogens (primary N) is 1. The first kappa shape index (κ1) is 14.9. The van der Waals surface area contributed by atoms with Crippen LogP contribution in [0, 0.1) is 5.92 Å². The van der Waals surface area contributed by atoms with E-state index in [1.807, 2.05) is 27.1 Å². The molecule has 1 amide bonds. The third-order valence-corrected chi connectivity index (χ3v) is 2.43. The van der Waals surface area contributed by atoms with Crippen LogP contribution in [0.5, 0.6) is 0 Å². The summed E-state index contributed by atoms with van der Waals surface area (Å²) in [5, 5.41) is 6.84. The third-order valence-electron chi connectivity index (χ3n) is 2.43. The predicted molar refractivity (Wildman–Crippen MR) is 65.1 cm³/mol. The number of halogens is 1. The van der Waals surface area contributed by atoms with Crippen LogP contribution >= 0.6 is 12.4 Å². The molecule has 1 rings (SSSR count). The average molecular weight is 247 g/mol. The van der Waals surface area contributed by atoms with Crippen LogP contribution in [0.25, 0.3) is 0 Å². The number of carbonyl (C=O) groups excluding carboxylic acids is 1. The molecule has 16 heavy (non-hydrogen) atoms. The largest absolute Gasteiger partial charge is 0.352 e. The molecule has 2 unspecified atom stereocenters. The van der Waals surface area contributed by atoms with E-state index in [1.54, 1.807) is 10.9 Å². The molecule has 0 saturated carbocycles. The summed E-state index contributed by atoms with van der Waals surface area (Å²) in [6.07, 6.45) is 3.60. The molecule has 2 atom stereocenters. The Morgan fingerprint density at radius 2 is 2.25 bits per heavy atom. The predicted octanol–water partition coefficient (Wildman–Crippen LogP) is 0.441. The van der Waals surface area contributed by atoms with Gasteiger partial charge in [-0.25, -0.2) is 0 Å². The first-order chi connectivity index (χ1) is 7.00. The van der Waals surface area contributed by atoms with Crippen molar-refractivity contribution in [3.63, 3.8) is 0 Å². The molecule has 6 heteroatoms. The number of nitrogens with zero attached hydrogens (tertiary/aromatic N) is 2. The highest BCUT2D eigenvalue weighted by atomic mass is 35.5. The van der Waals surface area contributed by atoms with Crippen molar-refractivity contribution in [1.29, 1.82) is 0 Å². The van der Waals surface area contributed by atoms with E-state index in [-0.39, 0.29) is 30.3 Å². The van der Waals surface area contributed by atoms with Gasteiger partial charge in [-0.3, -0.25) is 9.48 Å². The molecule has 1 heterocycles. The molecule has 0 radical (unpaired) electrons. The first-order valence-corrected chi connectivity index (χ1v) is 5.01. The van der Waals surface area contributed by atoms with Crippen molar-refractivity contribution in [3.8, 4) is 0 Å². The van der Waals surface area contributed by atoms with Crippen LogP contribution in [0.4, 0.5) is 0 Å². The lowest BCUT2D eigenvalue weighted by Crippen LogP contribution is -2.38. The number of aromatic nitrogens is 2. The van der Waals surface area contributed by atoms with Gasteiger partial charge in [-0.05, 0) is 6.92 Å². The Morgan fingerprint density at radius 3 is 2.69 bits per heavy atom. The summed E-state index contributed by atoms with van der Waals surface area (Å²) in [6.45, 7) is 4.15. The lowest BCUT2D eigenvalue weighted by Gasteiger charge is -2.14. The molecule has 0 aromatic carbocycles. The minimum Gasteiger partial charge on any atom is -0.352 e. The fourth-order valence-corrected chi connectivity index (χ4v) is 1.15. The van der Waals surface area contributed by atoms with Gasteiger partial charge in [0.25, 0.3) is 0 Å². The van der Waals surface area contributed by atoms with Crippen LogP contribution < -0.4 is 11.1 Å². The van der Waals surface area contributed by atoms with Gasteiger partial charge in [-0.1, -0.05) is 6.92 Å². The van der Waals surface area contributed by atoms with Crippen molar-refractivity contribution >= 4 is 18.3 Å². The van der Waals surface area contributed by atoms with E-state index in [0.29, 0.717) is 6.54 Å². The Labute approximate surface area is 102 Å². The molecule has 0 spiro atoms. The van der Waals surface area contributed by atoms with Gasteiger partial charge in [0.2, 0.25) is 5.91 Å². The summed E-state index contributed by atoms with van der Waals surface area (Å²) in [5.41, 5.74) is 6.62. The summed E-state index contributed by atoms with van der Waals surface area (Å²) in [6, 6.07) is -0.126. The monoisotopic (exact) mass is 246 g/mol. The molecule has 0 aliphatic carbocycles. The summed E-state index contributed by atoms with van der Waals surface area (Å²) >= 11 is 0. The summed E-state index contributed by atoms with van der Waals surface area (Å²) < 4.78 is 1.70. The summed E-state index contributed by atoms with van der Waals surface area (Å²) in [7, 11) is 1.84. The van der Waals surface area contributed by atoms with Crippen LogP contribution in [0.1, 0.15) is 19.4 Å². The third kappa shape index (κ3) is 4.20. The van der Waals surface area contributed by atoms with E-state index in [0.717, 1.165) is 5.56 Å². The highest BCUT2D eigenvalue weighted by Gasteiger charge is 2.16. The average Bonchev–Trinajstić information content (AvgIpc) is 2.59. The van der Waals surface area contributed by atoms with E-state index in [4.69, 9.17) is 5.73 Å². The first-order valence-electron chi connectivity index (χ1n) is 5.01. The SMILES string of the molecule is CC(N)C(C)C(=O)NCc1cnn(C)c1.Cl. The summed E-state index contributed by atoms with van der Waals surface area (Å²) in [4.78, 5) is 11.5. The minimum absolute atomic E-state index is 0. The zero-order valence-electron chi connectivity index (χ0n) is 9.80. The number of nitrogens with one attached hydrogen (secondary N) is 1. The fraction of sp³-hybridized carbons (Fsp3) is 0.600. The number of hydrogen-bond acceptors (Lipinski definition) is 3. The molecule has 0 bridgehead atoms. The van der Waals surface area contributed by atoms with Crippen LogP contribution in [0.3, 0.4) is 0 Å². The standard InChI is InChI=1S/C10H18N4O.ClH/c1-7(8(2)11)10(15)12-4-9-5-13-14(3)6-9;/h5-8H,4,11H2,1-3H3,(H,12,15);1H. The molecule has 1 aromatic heterocycles. The molecule has 92 valence electrons. The Kier molecular flexibility index (Phi) is 6.06. The molecule has 0 aliphatic heterocycles. The number of hydrogen-bond donors (Lipinski definition) is 2. The second kappa shape index (κ2) is 6.50. The Bertz CT molecular complexity index is 337. The van der Waals surface area contributed by atoms with Crippen LogP contribution in [-0.2, 0) is 18.4 Å². The second-order valence-electron chi connectivity index (χ2n) is 3.89. The van der Waals surface area contributed by atoms with Gasteiger partial charge in [0, 0.05) is 37.3 Å². The Balaban J connectivity index is 0.00000225. The van der Waals surface area contributed by atoms with E-state index in [9.17, 15) is 4.79 Å². The zero-order valence-corrected chi connectivity index (χ0v) is 10.6. The molecule has 1 aromatic rings. The van der Waals surface area contributed by atoms with Crippen molar-refractivity contribution in [2.24, 2.45) is 18.7 Å². The van der Waals surface area contributed by atoms with Gasteiger partial charge in [0.15, 0.2) is 0 Å². The molecular weight excluding hydrogens is 228 g/mol. The number of aryl methyl sites for hydroxylation is 1. The van der Waals surface area contributed by atoms with Crippen molar-refractivity contribution < 1.29 is 4.79 Å². The molecule has 0 saturated heterocycles. The number of rotatable bonds is 4. The van der Waals surface area contributed by atoms with Crippen LogP contribution in [0.15, 0.2) is 12.4 Å². The fourth-order valence-electron chi connectivity index (χ4n) is 1.15. The molecule has 0 fully saturated rings. The highest BCUT2D eigenvalue weighted by molar-refractivity contribution is 5.85. The molecule has 5 nitrogen and oxygen atoms in total. The lowest BCUT2D eigenvalue weighted by molar-refractivity contribution is -0.125. The molecular formula is C10H19ClN4O. The maximum atomic E-state index is 11.5. The topological polar surface area (TPSA) is 72.9 Å². The number of amides is 1. The van der Waals surface area contributed by atoms with Gasteiger partial charge in [-0.15, -0.1) is 12.4 Å². The smallest absolute Gasteiger partial charge is 0.224 e. The van der Waals surface area contributed by atoms with E-state index < -0.39 is 0 Å². The van der Waals surface area contributed by atoms with Gasteiger partial charge >= 0.3 is 0 Å². The van der Waals surface area contributed by atoms with E-state index in [2.05, 4.69) is 10.4 Å². The van der Waals surface area contributed by atoms with Crippen molar-refractivity contribution in [3.05, 3.63) is 18.0 Å². The maximum absolute atomic E-state index is 11.5. The maximum Gasteiger partial charge on any atom is 0.224 e. The van der Waals surface area contributed by atoms with Crippen LogP contribution in [0.2, 0.25) is 0 Å². The van der Waals surface area contributed by atoms with Crippen molar-refractivity contribution in [1.82, 2.24) is 15.1 Å². The Morgan fingerprint density at radius 1 is 1.62 bits per heavy atom. The van der Waals surface area contributed by atoms with E-state index >= 15 is 0 Å². The summed E-state index contributed by atoms with van der Waals surface area (Å²) in [5.74, 6) is -0.185. The van der Waals surface area contributed by atoms with Crippen molar-refractivity contribution in [2.75, 3.05) is 0 Å². The molecule has 3 N–H and O–H groups in total. The second-order valence-corrected chi connectivity index (χ2v) is 3.89. The van der Waals surface area contributed by atoms with Gasteiger partial charge in [-0.2, -0.15) is 5.10 Å². The normalized spacial score (nSPS) is 13.8. The lowest BCUT2D eigenvalue weighted by atomic mass is 10.0. The van der Waals surface area contributed by atoms with Gasteiger partial charge < -0.3 is 11.1 Å². The quantitative estimate of drug-likeness (QED) is 0.810. The minimum atomic E-state index is -0.165. The zero-order chi connectivity index (χ0) is 11.4. The van der Waals surface area contributed by atoms with E-state index in [1.165, 1.54) is 0 Å². The number of carbonyl (C=O) groups is 1. The molecule has 0 aliphatic rings.